The fourth-order valence-electron chi connectivity index (χ4n) is 3.03. The second-order valence-corrected chi connectivity index (χ2v) is 5.94. The highest BCUT2D eigenvalue weighted by Crippen LogP contribution is 2.31. The zero-order chi connectivity index (χ0) is 18.0. The van der Waals surface area contributed by atoms with Gasteiger partial charge in [-0.1, -0.05) is 18.2 Å². The van der Waals surface area contributed by atoms with Gasteiger partial charge in [0.15, 0.2) is 5.76 Å². The van der Waals surface area contributed by atoms with E-state index in [0.29, 0.717) is 17.9 Å². The van der Waals surface area contributed by atoms with Gasteiger partial charge in [0.2, 0.25) is 0 Å². The molecule has 0 spiro atoms. The van der Waals surface area contributed by atoms with Crippen LogP contribution in [0, 0.1) is 6.92 Å². The monoisotopic (exact) mass is 340 g/mol. The van der Waals surface area contributed by atoms with E-state index in [9.17, 15) is 9.59 Å². The van der Waals surface area contributed by atoms with Gasteiger partial charge in [-0.25, -0.2) is 10.2 Å². The molecule has 1 aliphatic rings. The normalized spacial score (nSPS) is 14.9. The Hall–Kier alpha value is -3.09. The van der Waals surface area contributed by atoms with E-state index in [1.807, 2.05) is 37.3 Å². The number of urea groups is 1. The number of nitrogens with zero attached hydrogens (tertiary/aromatic N) is 2. The third-order valence-corrected chi connectivity index (χ3v) is 4.27. The Labute approximate surface area is 145 Å². The summed E-state index contributed by atoms with van der Waals surface area (Å²) in [5.41, 5.74) is 10.3. The number of nitrogens with two attached hydrogens (primary N) is 1. The molecule has 7 nitrogen and oxygen atoms in total. The van der Waals surface area contributed by atoms with Crippen LogP contribution < -0.4 is 16.1 Å². The van der Waals surface area contributed by atoms with Gasteiger partial charge in [-0.15, -0.1) is 0 Å². The number of furan rings is 1. The van der Waals surface area contributed by atoms with Crippen LogP contribution in [-0.4, -0.2) is 24.7 Å². The maximum atomic E-state index is 12.9. The molecule has 1 aromatic carbocycles. The van der Waals surface area contributed by atoms with Gasteiger partial charge in [0.1, 0.15) is 5.76 Å². The Morgan fingerprint density at radius 2 is 1.96 bits per heavy atom. The molecule has 130 valence electrons. The minimum absolute atomic E-state index is 0.222. The molecule has 3 N–H and O–H groups in total. The second kappa shape index (κ2) is 6.80. The third-order valence-electron chi connectivity index (χ3n) is 4.27. The molecule has 25 heavy (non-hydrogen) atoms. The number of hydrogen-bond donors (Lipinski definition) is 2. The van der Waals surface area contributed by atoms with Crippen LogP contribution in [-0.2, 0) is 6.42 Å². The van der Waals surface area contributed by atoms with E-state index in [2.05, 4.69) is 10.5 Å². The summed E-state index contributed by atoms with van der Waals surface area (Å²) in [5.74, 6) is 0.795. The summed E-state index contributed by atoms with van der Waals surface area (Å²) in [4.78, 5) is 25.3. The summed E-state index contributed by atoms with van der Waals surface area (Å²) in [6.07, 6.45) is 2.26. The molecule has 3 rings (SSSR count). The van der Waals surface area contributed by atoms with Gasteiger partial charge < -0.3 is 15.1 Å². The first-order valence-corrected chi connectivity index (χ1v) is 8.06. The van der Waals surface area contributed by atoms with E-state index < -0.39 is 6.03 Å². The van der Waals surface area contributed by atoms with Crippen LogP contribution in [0.25, 0.3) is 0 Å². The Kier molecular flexibility index (Phi) is 4.56. The first kappa shape index (κ1) is 16.8. The number of para-hydroxylation sites is 1. The molecule has 1 heterocycles. The maximum Gasteiger partial charge on any atom is 0.332 e. The van der Waals surface area contributed by atoms with Crippen LogP contribution in [0.2, 0.25) is 0 Å². The highest BCUT2D eigenvalue weighted by atomic mass is 16.4. The van der Waals surface area contributed by atoms with Crippen molar-refractivity contribution >= 4 is 23.3 Å². The number of anilines is 1. The van der Waals surface area contributed by atoms with E-state index in [4.69, 9.17) is 10.2 Å². The van der Waals surface area contributed by atoms with Gasteiger partial charge in [0, 0.05) is 30.3 Å². The van der Waals surface area contributed by atoms with Gasteiger partial charge in [0.25, 0.3) is 5.91 Å². The zero-order valence-electron chi connectivity index (χ0n) is 14.2. The first-order chi connectivity index (χ1) is 12.0. The standard InChI is InChI=1S/C18H20N4O3/c1-11-15-13(20-21-18(19)24)9-6-10-14(15)25-16(11)17(23)22(2)12-7-4-3-5-8-12/h3-5,7-8H,6,9-10H2,1-2H3,(H3,19,21,24)/b20-13+. The second-order valence-electron chi connectivity index (χ2n) is 5.94. The van der Waals surface area contributed by atoms with Crippen molar-refractivity contribution in [2.24, 2.45) is 10.8 Å². The molecule has 0 fully saturated rings. The van der Waals surface area contributed by atoms with Crippen molar-refractivity contribution < 1.29 is 14.0 Å². The van der Waals surface area contributed by atoms with Crippen LogP contribution in [0.1, 0.15) is 40.3 Å². The number of carbonyl (C=O) groups excluding carboxylic acids is 2. The molecular formula is C18H20N4O3. The molecular weight excluding hydrogens is 320 g/mol. The molecule has 7 heteroatoms. The SMILES string of the molecule is Cc1c(C(=O)N(C)c2ccccc2)oc2c1/C(=N/NC(N)=O)CCC2. The third kappa shape index (κ3) is 3.26. The Balaban J connectivity index is 1.96. The average Bonchev–Trinajstić information content (AvgIpc) is 2.97. The molecule has 2 aromatic rings. The van der Waals surface area contributed by atoms with E-state index in [0.717, 1.165) is 35.4 Å². The summed E-state index contributed by atoms with van der Waals surface area (Å²) in [7, 11) is 1.71. The van der Waals surface area contributed by atoms with Crippen LogP contribution in [0.4, 0.5) is 10.5 Å². The molecule has 0 radical (unpaired) electrons. The number of fused-ring (bicyclic) bond motifs is 1. The average molecular weight is 340 g/mol. The number of primary amides is 1. The van der Waals surface area contributed by atoms with Crippen molar-refractivity contribution in [1.29, 1.82) is 0 Å². The summed E-state index contributed by atoms with van der Waals surface area (Å²) in [6.45, 7) is 1.83. The van der Waals surface area contributed by atoms with Crippen molar-refractivity contribution in [3.8, 4) is 0 Å². The molecule has 1 aliphatic carbocycles. The molecule has 0 unspecified atom stereocenters. The quantitative estimate of drug-likeness (QED) is 0.840. The smallest absolute Gasteiger partial charge is 0.332 e. The van der Waals surface area contributed by atoms with Crippen LogP contribution in [0.3, 0.4) is 0 Å². The lowest BCUT2D eigenvalue weighted by Crippen LogP contribution is -2.27. The lowest BCUT2D eigenvalue weighted by Gasteiger charge is -2.16. The topological polar surface area (TPSA) is 101 Å². The summed E-state index contributed by atoms with van der Waals surface area (Å²) >= 11 is 0. The van der Waals surface area contributed by atoms with Crippen molar-refractivity contribution in [2.75, 3.05) is 11.9 Å². The largest absolute Gasteiger partial charge is 0.455 e. The molecule has 0 aliphatic heterocycles. The predicted octanol–water partition coefficient (Wildman–Crippen LogP) is 2.57. The molecule has 0 atom stereocenters. The van der Waals surface area contributed by atoms with Gasteiger partial charge >= 0.3 is 6.03 Å². The van der Waals surface area contributed by atoms with Crippen molar-refractivity contribution in [1.82, 2.24) is 5.43 Å². The van der Waals surface area contributed by atoms with Crippen molar-refractivity contribution in [3.63, 3.8) is 0 Å². The highest BCUT2D eigenvalue weighted by molar-refractivity contribution is 6.10. The van der Waals surface area contributed by atoms with Gasteiger partial charge in [0.05, 0.1) is 5.71 Å². The van der Waals surface area contributed by atoms with Crippen LogP contribution in [0.5, 0.6) is 0 Å². The lowest BCUT2D eigenvalue weighted by atomic mass is 9.93. The number of benzene rings is 1. The van der Waals surface area contributed by atoms with Gasteiger partial charge in [-0.2, -0.15) is 5.10 Å². The summed E-state index contributed by atoms with van der Waals surface area (Å²) < 4.78 is 5.86. The van der Waals surface area contributed by atoms with Crippen LogP contribution >= 0.6 is 0 Å². The number of carbonyl (C=O) groups is 2. The van der Waals surface area contributed by atoms with E-state index in [1.165, 1.54) is 0 Å². The minimum atomic E-state index is -0.721. The number of aryl methyl sites for hydroxylation is 1. The Bertz CT molecular complexity index is 840. The highest BCUT2D eigenvalue weighted by Gasteiger charge is 2.29. The van der Waals surface area contributed by atoms with Gasteiger partial charge in [-0.3, -0.25) is 4.79 Å². The molecule has 3 amide bonds. The number of amides is 3. The fourth-order valence-corrected chi connectivity index (χ4v) is 3.03. The summed E-state index contributed by atoms with van der Waals surface area (Å²) in [5, 5.41) is 4.07. The maximum absolute atomic E-state index is 12.9. The zero-order valence-corrected chi connectivity index (χ0v) is 14.2. The van der Waals surface area contributed by atoms with Crippen molar-refractivity contribution in [2.45, 2.75) is 26.2 Å². The van der Waals surface area contributed by atoms with E-state index in [1.54, 1.807) is 11.9 Å². The van der Waals surface area contributed by atoms with Crippen LogP contribution in [0.15, 0.2) is 39.9 Å². The number of hydrazone groups is 1. The van der Waals surface area contributed by atoms with Crippen molar-refractivity contribution in [3.05, 3.63) is 53.0 Å². The van der Waals surface area contributed by atoms with Gasteiger partial charge in [-0.05, 0) is 31.9 Å². The molecule has 0 bridgehead atoms. The number of rotatable bonds is 3. The fraction of sp³-hybridized carbons (Fsp3) is 0.278. The van der Waals surface area contributed by atoms with E-state index in [-0.39, 0.29) is 5.91 Å². The predicted molar refractivity (Wildman–Crippen MR) is 94.8 cm³/mol. The molecule has 0 saturated carbocycles. The first-order valence-electron chi connectivity index (χ1n) is 8.06. The minimum Gasteiger partial charge on any atom is -0.455 e. The number of hydrogen-bond acceptors (Lipinski definition) is 4. The Morgan fingerprint density at radius 3 is 2.64 bits per heavy atom. The van der Waals surface area contributed by atoms with E-state index >= 15 is 0 Å². The summed E-state index contributed by atoms with van der Waals surface area (Å²) in [6, 6.07) is 8.65. The molecule has 1 aromatic heterocycles. The Morgan fingerprint density at radius 1 is 1.24 bits per heavy atom. The number of nitrogens with one attached hydrogen (secondary N) is 1. The molecule has 0 saturated heterocycles. The lowest BCUT2D eigenvalue weighted by molar-refractivity contribution is 0.0964.